The highest BCUT2D eigenvalue weighted by Crippen LogP contribution is 2.32. The zero-order valence-corrected chi connectivity index (χ0v) is 11.8. The van der Waals surface area contributed by atoms with Crippen LogP contribution in [-0.4, -0.2) is 22.6 Å². The van der Waals surface area contributed by atoms with Gasteiger partial charge in [-0.3, -0.25) is 4.57 Å². The van der Waals surface area contributed by atoms with E-state index in [1.807, 2.05) is 19.9 Å². The number of ether oxygens (including phenoxy) is 1. The highest BCUT2D eigenvalue weighted by Gasteiger charge is 2.29. The second-order valence-corrected chi connectivity index (χ2v) is 5.07. The Morgan fingerprint density at radius 3 is 2.74 bits per heavy atom. The van der Waals surface area contributed by atoms with Crippen molar-refractivity contribution in [2.45, 2.75) is 19.9 Å². The van der Waals surface area contributed by atoms with E-state index < -0.39 is 6.04 Å². The Labute approximate surface area is 116 Å². The van der Waals surface area contributed by atoms with Crippen molar-refractivity contribution >= 4 is 34.6 Å². The Hall–Kier alpha value is -1.75. The van der Waals surface area contributed by atoms with Crippen molar-refractivity contribution in [3.8, 4) is 0 Å². The van der Waals surface area contributed by atoms with Gasteiger partial charge in [-0.2, -0.15) is 0 Å². The van der Waals surface area contributed by atoms with Crippen molar-refractivity contribution in [2.24, 2.45) is 5.92 Å². The first kappa shape index (κ1) is 13.7. The third-order valence-corrected chi connectivity index (χ3v) is 3.35. The molecule has 0 fully saturated rings. The number of halogens is 1. The molecule has 5 nitrogen and oxygen atoms in total. The number of nitrogens with two attached hydrogens (primary N) is 1. The van der Waals surface area contributed by atoms with Crippen LogP contribution in [0.4, 0.5) is 5.95 Å². The van der Waals surface area contributed by atoms with E-state index in [1.165, 1.54) is 7.11 Å². The molecule has 0 saturated heterocycles. The molecule has 0 radical (unpaired) electrons. The van der Waals surface area contributed by atoms with Gasteiger partial charge in [0.25, 0.3) is 0 Å². The Morgan fingerprint density at radius 2 is 2.16 bits per heavy atom. The zero-order chi connectivity index (χ0) is 14.2. The van der Waals surface area contributed by atoms with Crippen LogP contribution in [0, 0.1) is 5.92 Å². The van der Waals surface area contributed by atoms with E-state index in [-0.39, 0.29) is 17.8 Å². The standard InChI is InChI=1S/C13H16ClN3O2/c1-7(2)10(12(18)19-3)17-11-8(14)5-4-6-9(11)16-13(17)15/h4-7,10H,1-3H3,(H2,15,16). The first-order valence-electron chi connectivity index (χ1n) is 5.97. The number of carbonyl (C=O) groups excluding carboxylic acids is 1. The summed E-state index contributed by atoms with van der Waals surface area (Å²) < 4.78 is 6.50. The van der Waals surface area contributed by atoms with Crippen LogP contribution < -0.4 is 5.73 Å². The molecule has 102 valence electrons. The quantitative estimate of drug-likeness (QED) is 0.878. The molecule has 2 aromatic rings. The van der Waals surface area contributed by atoms with E-state index in [0.717, 1.165) is 0 Å². The monoisotopic (exact) mass is 281 g/mol. The average molecular weight is 282 g/mol. The molecular weight excluding hydrogens is 266 g/mol. The number of hydrogen-bond acceptors (Lipinski definition) is 4. The molecule has 1 unspecified atom stereocenters. The van der Waals surface area contributed by atoms with Crippen molar-refractivity contribution in [2.75, 3.05) is 12.8 Å². The van der Waals surface area contributed by atoms with Crippen LogP contribution in [-0.2, 0) is 9.53 Å². The summed E-state index contributed by atoms with van der Waals surface area (Å²) in [6.45, 7) is 3.84. The van der Waals surface area contributed by atoms with Gasteiger partial charge < -0.3 is 10.5 Å². The fraction of sp³-hybridized carbons (Fsp3) is 0.385. The number of fused-ring (bicyclic) bond motifs is 1. The number of rotatable bonds is 3. The number of aromatic nitrogens is 2. The maximum atomic E-state index is 12.0. The third kappa shape index (κ3) is 2.26. The molecule has 19 heavy (non-hydrogen) atoms. The van der Waals surface area contributed by atoms with E-state index in [9.17, 15) is 4.79 Å². The molecule has 0 saturated carbocycles. The fourth-order valence-electron chi connectivity index (χ4n) is 2.20. The summed E-state index contributed by atoms with van der Waals surface area (Å²) in [5.41, 5.74) is 7.26. The van der Waals surface area contributed by atoms with E-state index >= 15 is 0 Å². The fourth-order valence-corrected chi connectivity index (χ4v) is 2.46. The topological polar surface area (TPSA) is 70.1 Å². The Kier molecular flexibility index (Phi) is 3.66. The maximum absolute atomic E-state index is 12.0. The lowest BCUT2D eigenvalue weighted by molar-refractivity contribution is -0.145. The zero-order valence-electron chi connectivity index (χ0n) is 11.1. The van der Waals surface area contributed by atoms with Crippen molar-refractivity contribution in [1.82, 2.24) is 9.55 Å². The van der Waals surface area contributed by atoms with Gasteiger partial charge >= 0.3 is 5.97 Å². The number of methoxy groups -OCH3 is 1. The molecule has 6 heteroatoms. The molecular formula is C13H16ClN3O2. The molecule has 2 N–H and O–H groups in total. The summed E-state index contributed by atoms with van der Waals surface area (Å²) in [4.78, 5) is 16.2. The van der Waals surface area contributed by atoms with Crippen molar-refractivity contribution < 1.29 is 9.53 Å². The molecule has 1 aromatic heterocycles. The van der Waals surface area contributed by atoms with Crippen LogP contribution in [0.3, 0.4) is 0 Å². The summed E-state index contributed by atoms with van der Waals surface area (Å²) in [6, 6.07) is 4.80. The second-order valence-electron chi connectivity index (χ2n) is 4.66. The van der Waals surface area contributed by atoms with Crippen molar-refractivity contribution in [1.29, 1.82) is 0 Å². The Bertz CT molecular complexity index is 622. The van der Waals surface area contributed by atoms with Gasteiger partial charge in [-0.25, -0.2) is 9.78 Å². The van der Waals surface area contributed by atoms with Crippen molar-refractivity contribution in [3.05, 3.63) is 23.2 Å². The lowest BCUT2D eigenvalue weighted by atomic mass is 10.0. The van der Waals surface area contributed by atoms with Crippen LogP contribution in [0.15, 0.2) is 18.2 Å². The van der Waals surface area contributed by atoms with E-state index in [2.05, 4.69) is 4.98 Å². The SMILES string of the molecule is COC(=O)C(C(C)C)n1c(N)nc2cccc(Cl)c21. The number of anilines is 1. The van der Waals surface area contributed by atoms with Gasteiger partial charge in [-0.15, -0.1) is 0 Å². The molecule has 0 amide bonds. The van der Waals surface area contributed by atoms with Gasteiger partial charge in [0.05, 0.1) is 23.2 Å². The molecule has 1 heterocycles. The molecule has 0 bridgehead atoms. The maximum Gasteiger partial charge on any atom is 0.329 e. The highest BCUT2D eigenvalue weighted by atomic mass is 35.5. The largest absolute Gasteiger partial charge is 0.467 e. The first-order chi connectivity index (χ1) is 8.97. The third-order valence-electron chi connectivity index (χ3n) is 3.04. The van der Waals surface area contributed by atoms with E-state index in [1.54, 1.807) is 16.7 Å². The predicted molar refractivity (Wildman–Crippen MR) is 75.0 cm³/mol. The lowest BCUT2D eigenvalue weighted by Crippen LogP contribution is -2.26. The minimum Gasteiger partial charge on any atom is -0.467 e. The second kappa shape index (κ2) is 5.09. The van der Waals surface area contributed by atoms with Gasteiger partial charge in [0, 0.05) is 0 Å². The van der Waals surface area contributed by atoms with Gasteiger partial charge in [0.15, 0.2) is 0 Å². The number of para-hydroxylation sites is 1. The van der Waals surface area contributed by atoms with E-state index in [0.29, 0.717) is 16.1 Å². The number of esters is 1. The highest BCUT2D eigenvalue weighted by molar-refractivity contribution is 6.35. The van der Waals surface area contributed by atoms with Crippen LogP contribution in [0.2, 0.25) is 5.02 Å². The molecule has 0 aliphatic carbocycles. The minimum atomic E-state index is -0.546. The molecule has 0 aliphatic heterocycles. The summed E-state index contributed by atoms with van der Waals surface area (Å²) in [6.07, 6.45) is 0. The lowest BCUT2D eigenvalue weighted by Gasteiger charge is -2.22. The summed E-state index contributed by atoms with van der Waals surface area (Å²) in [5, 5.41) is 0.510. The number of carbonyl (C=O) groups is 1. The molecule has 2 rings (SSSR count). The van der Waals surface area contributed by atoms with Crippen LogP contribution in [0.5, 0.6) is 0 Å². The Morgan fingerprint density at radius 1 is 1.47 bits per heavy atom. The van der Waals surface area contributed by atoms with Gasteiger partial charge in [0.1, 0.15) is 6.04 Å². The molecule has 0 aliphatic rings. The molecule has 0 spiro atoms. The van der Waals surface area contributed by atoms with Crippen molar-refractivity contribution in [3.63, 3.8) is 0 Å². The molecule has 1 atom stereocenters. The number of nitrogen functional groups attached to an aromatic ring is 1. The average Bonchev–Trinajstić information content (AvgIpc) is 2.67. The first-order valence-corrected chi connectivity index (χ1v) is 6.35. The summed E-state index contributed by atoms with van der Waals surface area (Å²) in [7, 11) is 1.36. The van der Waals surface area contributed by atoms with Crippen LogP contribution in [0.1, 0.15) is 19.9 Å². The number of hydrogen-bond donors (Lipinski definition) is 1. The minimum absolute atomic E-state index is 0.00317. The number of nitrogens with zero attached hydrogens (tertiary/aromatic N) is 2. The summed E-state index contributed by atoms with van der Waals surface area (Å²) in [5.74, 6) is -0.100. The Balaban J connectivity index is 2.72. The molecule has 1 aromatic carbocycles. The van der Waals surface area contributed by atoms with Gasteiger partial charge in [0.2, 0.25) is 5.95 Å². The smallest absolute Gasteiger partial charge is 0.329 e. The predicted octanol–water partition coefficient (Wildman–Crippen LogP) is 2.64. The summed E-state index contributed by atoms with van der Waals surface area (Å²) >= 11 is 6.20. The van der Waals surface area contributed by atoms with Gasteiger partial charge in [-0.05, 0) is 18.1 Å². The van der Waals surface area contributed by atoms with E-state index in [4.69, 9.17) is 22.1 Å². The number of imidazole rings is 1. The normalized spacial score (nSPS) is 12.9. The van der Waals surface area contributed by atoms with Crippen LogP contribution in [0.25, 0.3) is 11.0 Å². The number of benzene rings is 1. The van der Waals surface area contributed by atoms with Gasteiger partial charge in [-0.1, -0.05) is 31.5 Å². The van der Waals surface area contributed by atoms with Crippen LogP contribution >= 0.6 is 11.6 Å².